The number of carbonyl (C=O) groups excluding carboxylic acids is 1. The highest BCUT2D eigenvalue weighted by atomic mass is 32.1. The average Bonchev–Trinajstić information content (AvgIpc) is 2.89. The fourth-order valence-corrected chi connectivity index (χ4v) is 1.81. The average molecular weight is 239 g/mol. The first-order valence-electron chi connectivity index (χ1n) is 4.40. The lowest BCUT2D eigenvalue weighted by atomic mass is 10.5. The number of aryl methyl sites for hydroxylation is 1. The van der Waals surface area contributed by atoms with Crippen molar-refractivity contribution in [3.8, 4) is 0 Å². The van der Waals surface area contributed by atoms with Crippen LogP contribution in [0.25, 0.3) is 0 Å². The molecule has 0 radical (unpaired) electrons. The molecule has 2 heterocycles. The van der Waals surface area contributed by atoms with Gasteiger partial charge in [-0.25, -0.2) is 9.59 Å². The van der Waals surface area contributed by atoms with Crippen LogP contribution in [0.1, 0.15) is 0 Å². The smallest absolute Gasteiger partial charge is 0.295 e. The Hall–Kier alpha value is -1.96. The Morgan fingerprint density at radius 1 is 1.50 bits per heavy atom. The summed E-state index contributed by atoms with van der Waals surface area (Å²) < 4.78 is 1.72. The van der Waals surface area contributed by atoms with Crippen molar-refractivity contribution in [2.45, 2.75) is 0 Å². The van der Waals surface area contributed by atoms with Gasteiger partial charge in [-0.15, -0.1) is 4.68 Å². The van der Waals surface area contributed by atoms with Gasteiger partial charge in [-0.2, -0.15) is 16.0 Å². The van der Waals surface area contributed by atoms with E-state index in [1.165, 1.54) is 23.3 Å². The molecule has 1 amide bonds. The molecule has 0 aromatic carbocycles. The summed E-state index contributed by atoms with van der Waals surface area (Å²) in [5, 5.41) is 10.6. The van der Waals surface area contributed by atoms with Gasteiger partial charge in [0.25, 0.3) is 0 Å². The highest BCUT2D eigenvalue weighted by Gasteiger charge is 2.18. The molecule has 0 aliphatic heterocycles. The van der Waals surface area contributed by atoms with Crippen LogP contribution < -0.4 is 10.6 Å². The number of thiophene rings is 1. The van der Waals surface area contributed by atoms with Gasteiger partial charge in [0.1, 0.15) is 0 Å². The van der Waals surface area contributed by atoms with Crippen molar-refractivity contribution in [2.24, 2.45) is 7.05 Å². The number of amides is 1. The molecular formula is C8H9N5O2S. The first-order valence-corrected chi connectivity index (χ1v) is 5.35. The quantitative estimate of drug-likeness (QED) is 0.664. The second-order valence-corrected chi connectivity index (χ2v) is 3.90. The monoisotopic (exact) mass is 239 g/mol. The van der Waals surface area contributed by atoms with Crippen LogP contribution in [0.5, 0.6) is 0 Å². The lowest BCUT2D eigenvalue weighted by Gasteiger charge is -2.13. The van der Waals surface area contributed by atoms with E-state index in [2.05, 4.69) is 10.4 Å². The van der Waals surface area contributed by atoms with Gasteiger partial charge in [0.2, 0.25) is 0 Å². The second-order valence-electron chi connectivity index (χ2n) is 3.12. The number of tetrazole rings is 1. The summed E-state index contributed by atoms with van der Waals surface area (Å²) in [6, 6.07) is 1.25. The van der Waals surface area contributed by atoms with E-state index in [4.69, 9.17) is 0 Å². The van der Waals surface area contributed by atoms with Crippen LogP contribution in [0.4, 0.5) is 10.5 Å². The molecule has 2 rings (SSSR count). The summed E-state index contributed by atoms with van der Waals surface area (Å²) >= 11 is 1.47. The van der Waals surface area contributed by atoms with Crippen molar-refractivity contribution in [1.82, 2.24) is 19.8 Å². The Labute approximate surface area is 94.5 Å². The predicted octanol–water partition coefficient (Wildman–Crippen LogP) is 0.143. The Morgan fingerprint density at radius 3 is 2.75 bits per heavy atom. The number of rotatable bonds is 1. The number of carbonyl (C=O) groups is 1. The summed E-state index contributed by atoms with van der Waals surface area (Å²) in [4.78, 5) is 24.6. The van der Waals surface area contributed by atoms with Gasteiger partial charge in [-0.3, -0.25) is 4.90 Å². The standard InChI is InChI=1S/C8H9N5O2S/c1-11(6-3-4-16-5-6)7(14)13-8(15)12(2)9-10-13/h3-5H,1-2H3. The maximum atomic E-state index is 11.9. The molecule has 2 aromatic heterocycles. The van der Waals surface area contributed by atoms with E-state index in [1.807, 2.05) is 5.38 Å². The molecule has 0 fully saturated rings. The highest BCUT2D eigenvalue weighted by Crippen LogP contribution is 2.16. The van der Waals surface area contributed by atoms with E-state index >= 15 is 0 Å². The zero-order valence-electron chi connectivity index (χ0n) is 8.69. The Morgan fingerprint density at radius 2 is 2.25 bits per heavy atom. The van der Waals surface area contributed by atoms with E-state index in [0.717, 1.165) is 9.36 Å². The molecule has 84 valence electrons. The van der Waals surface area contributed by atoms with Crippen molar-refractivity contribution in [2.75, 3.05) is 11.9 Å². The van der Waals surface area contributed by atoms with Crippen LogP contribution in [0.2, 0.25) is 0 Å². The van der Waals surface area contributed by atoms with Crippen molar-refractivity contribution >= 4 is 23.1 Å². The molecule has 0 aliphatic carbocycles. The van der Waals surface area contributed by atoms with Gasteiger partial charge in [-0.05, 0) is 21.9 Å². The predicted molar refractivity (Wildman–Crippen MR) is 58.8 cm³/mol. The molecule has 16 heavy (non-hydrogen) atoms. The first-order chi connectivity index (χ1) is 7.61. The Kier molecular flexibility index (Phi) is 2.57. The third-order valence-electron chi connectivity index (χ3n) is 2.08. The highest BCUT2D eigenvalue weighted by molar-refractivity contribution is 7.08. The normalized spacial score (nSPS) is 10.4. The second kappa shape index (κ2) is 3.89. The molecule has 0 saturated carbocycles. The maximum Gasteiger partial charge on any atom is 0.372 e. The molecule has 7 nitrogen and oxygen atoms in total. The minimum Gasteiger partial charge on any atom is -0.295 e. The third kappa shape index (κ3) is 1.63. The van der Waals surface area contributed by atoms with Crippen LogP contribution >= 0.6 is 11.3 Å². The van der Waals surface area contributed by atoms with E-state index < -0.39 is 11.7 Å². The van der Waals surface area contributed by atoms with Crippen molar-refractivity contribution in [3.63, 3.8) is 0 Å². The van der Waals surface area contributed by atoms with Gasteiger partial charge >= 0.3 is 11.7 Å². The van der Waals surface area contributed by atoms with Gasteiger partial charge in [0.05, 0.1) is 5.69 Å². The van der Waals surface area contributed by atoms with Gasteiger partial charge in [0.15, 0.2) is 0 Å². The van der Waals surface area contributed by atoms with Crippen molar-refractivity contribution in [1.29, 1.82) is 0 Å². The summed E-state index contributed by atoms with van der Waals surface area (Å²) in [6.45, 7) is 0. The van der Waals surface area contributed by atoms with Crippen LogP contribution in [0.15, 0.2) is 21.6 Å². The molecule has 8 heteroatoms. The van der Waals surface area contributed by atoms with Crippen molar-refractivity contribution in [3.05, 3.63) is 27.3 Å². The minimum absolute atomic E-state index is 0.531. The zero-order valence-corrected chi connectivity index (χ0v) is 9.51. The molecule has 0 aliphatic rings. The van der Waals surface area contributed by atoms with Crippen LogP contribution in [0.3, 0.4) is 0 Å². The maximum absolute atomic E-state index is 11.9. The van der Waals surface area contributed by atoms with Crippen LogP contribution in [-0.4, -0.2) is 32.9 Å². The summed E-state index contributed by atoms with van der Waals surface area (Å²) in [5.74, 6) is 0. The SMILES string of the molecule is CN(C(=O)n1nnn(C)c1=O)c1ccsc1. The number of nitrogens with zero attached hydrogens (tertiary/aromatic N) is 5. The molecule has 0 saturated heterocycles. The first kappa shape index (κ1) is 10.6. The fraction of sp³-hybridized carbons (Fsp3) is 0.250. The lowest BCUT2D eigenvalue weighted by molar-refractivity contribution is 0.245. The largest absolute Gasteiger partial charge is 0.372 e. The lowest BCUT2D eigenvalue weighted by Crippen LogP contribution is -2.38. The van der Waals surface area contributed by atoms with Gasteiger partial charge in [-0.1, -0.05) is 0 Å². The molecule has 0 bridgehead atoms. The minimum atomic E-state index is -0.563. The molecule has 0 N–H and O–H groups in total. The van der Waals surface area contributed by atoms with E-state index in [9.17, 15) is 9.59 Å². The topological polar surface area (TPSA) is 73.0 Å². The number of hydrogen-bond acceptors (Lipinski definition) is 5. The third-order valence-corrected chi connectivity index (χ3v) is 2.75. The van der Waals surface area contributed by atoms with Crippen LogP contribution in [0, 0.1) is 0 Å². The van der Waals surface area contributed by atoms with Gasteiger partial charge in [0, 0.05) is 19.5 Å². The molecule has 0 unspecified atom stereocenters. The Balaban J connectivity index is 2.33. The van der Waals surface area contributed by atoms with Crippen molar-refractivity contribution < 1.29 is 4.79 Å². The summed E-state index contributed by atoms with van der Waals surface area (Å²) in [7, 11) is 3.01. The molecule has 0 atom stereocenters. The van der Waals surface area contributed by atoms with E-state index in [0.29, 0.717) is 5.69 Å². The van der Waals surface area contributed by atoms with Gasteiger partial charge < -0.3 is 0 Å². The number of hydrogen-bond donors (Lipinski definition) is 0. The van der Waals surface area contributed by atoms with Crippen LogP contribution in [-0.2, 0) is 7.05 Å². The van der Waals surface area contributed by atoms with E-state index in [-0.39, 0.29) is 0 Å². The number of aromatic nitrogens is 4. The summed E-state index contributed by atoms with van der Waals surface area (Å²) in [5.41, 5.74) is 0.152. The zero-order chi connectivity index (χ0) is 11.7. The molecule has 2 aromatic rings. The van der Waals surface area contributed by atoms with E-state index in [1.54, 1.807) is 18.5 Å². The fourth-order valence-electron chi connectivity index (χ4n) is 1.13. The summed E-state index contributed by atoms with van der Waals surface area (Å²) in [6.07, 6.45) is 0. The Bertz CT molecular complexity index is 555. The number of anilines is 1. The molecule has 0 spiro atoms. The molecular weight excluding hydrogens is 230 g/mol.